The van der Waals surface area contributed by atoms with E-state index in [1.165, 1.54) is 12.1 Å². The van der Waals surface area contributed by atoms with Crippen LogP contribution in [0.5, 0.6) is 11.5 Å². The minimum atomic E-state index is -0.515. The van der Waals surface area contributed by atoms with E-state index in [4.69, 9.17) is 46.4 Å². The van der Waals surface area contributed by atoms with Crippen molar-refractivity contribution >= 4 is 52.2 Å². The van der Waals surface area contributed by atoms with Crippen LogP contribution in [0.3, 0.4) is 0 Å². The van der Waals surface area contributed by atoms with E-state index in [1.807, 2.05) is 38.0 Å². The van der Waals surface area contributed by atoms with Crippen LogP contribution in [0.4, 0.5) is 0 Å². The highest BCUT2D eigenvalue weighted by atomic mass is 35.5. The van der Waals surface area contributed by atoms with E-state index in [1.54, 1.807) is 0 Å². The number of nitrogens with zero attached hydrogens (tertiary/aromatic N) is 2. The van der Waals surface area contributed by atoms with Crippen LogP contribution in [0.1, 0.15) is 27.0 Å². The number of phenolic OH excluding ortho intramolecular Hbond substituents is 2. The van der Waals surface area contributed by atoms with E-state index < -0.39 is 5.78 Å². The summed E-state index contributed by atoms with van der Waals surface area (Å²) >= 11 is 24.8. The molecular weight excluding hydrogens is 446 g/mol. The first-order valence-corrected chi connectivity index (χ1v) is 9.70. The quantitative estimate of drug-likeness (QED) is 0.583. The van der Waals surface area contributed by atoms with Gasteiger partial charge in [0, 0.05) is 35.3 Å². The van der Waals surface area contributed by atoms with Crippen LogP contribution in [0.2, 0.25) is 20.1 Å². The summed E-state index contributed by atoms with van der Waals surface area (Å²) in [5.41, 5.74) is 1.05. The topological polar surface area (TPSA) is 64.0 Å². The summed E-state index contributed by atoms with van der Waals surface area (Å²) in [4.78, 5) is 16.8. The van der Waals surface area contributed by atoms with Crippen molar-refractivity contribution in [1.82, 2.24) is 9.80 Å². The summed E-state index contributed by atoms with van der Waals surface area (Å²) in [5.74, 6) is -0.876. The van der Waals surface area contributed by atoms with Crippen molar-refractivity contribution in [3.8, 4) is 11.5 Å². The predicted octanol–water partition coefficient (Wildman–Crippen LogP) is 5.07. The van der Waals surface area contributed by atoms with Crippen LogP contribution in [0, 0.1) is 0 Å². The highest BCUT2D eigenvalue weighted by molar-refractivity contribution is 6.47. The van der Waals surface area contributed by atoms with E-state index in [9.17, 15) is 15.0 Å². The first-order chi connectivity index (χ1) is 13.0. The van der Waals surface area contributed by atoms with Gasteiger partial charge in [-0.15, -0.1) is 0 Å². The number of aromatic hydroxyl groups is 2. The van der Waals surface area contributed by atoms with Gasteiger partial charge in [-0.3, -0.25) is 4.79 Å². The summed E-state index contributed by atoms with van der Waals surface area (Å²) in [6.07, 6.45) is 0. The van der Waals surface area contributed by atoms with Crippen LogP contribution in [0.15, 0.2) is 12.1 Å². The number of phenols is 2. The largest absolute Gasteiger partial charge is 0.506 e. The molecule has 152 valence electrons. The predicted molar refractivity (Wildman–Crippen MR) is 114 cm³/mol. The average Bonchev–Trinajstić information content (AvgIpc) is 2.61. The van der Waals surface area contributed by atoms with Gasteiger partial charge in [-0.2, -0.15) is 0 Å². The molecule has 0 spiro atoms. The van der Waals surface area contributed by atoms with Crippen molar-refractivity contribution in [2.75, 3.05) is 28.2 Å². The average molecular weight is 466 g/mol. The number of benzene rings is 2. The molecule has 2 rings (SSSR count). The Hall–Kier alpha value is -1.21. The Bertz CT molecular complexity index is 857. The van der Waals surface area contributed by atoms with Crippen LogP contribution in [-0.4, -0.2) is 54.0 Å². The fourth-order valence-corrected chi connectivity index (χ4v) is 3.64. The molecule has 2 N–H and O–H groups in total. The summed E-state index contributed by atoms with van der Waals surface area (Å²) in [7, 11) is 7.25. The molecule has 0 fully saturated rings. The van der Waals surface area contributed by atoms with Crippen molar-refractivity contribution in [1.29, 1.82) is 0 Å². The maximum Gasteiger partial charge on any atom is 0.196 e. The Morgan fingerprint density at radius 1 is 0.750 bits per heavy atom. The van der Waals surface area contributed by atoms with Gasteiger partial charge in [0.05, 0.1) is 10.0 Å². The first-order valence-electron chi connectivity index (χ1n) is 8.19. The van der Waals surface area contributed by atoms with E-state index >= 15 is 0 Å². The zero-order valence-electron chi connectivity index (χ0n) is 15.8. The van der Waals surface area contributed by atoms with Crippen LogP contribution in [0.25, 0.3) is 0 Å². The standard InChI is InChI=1S/C19H20Cl4N2O3/c1-24(2)7-9-5-11(13(20)15(22)17(9)26)19(28)12-6-10(8-25(3)4)18(27)16(23)14(12)21/h5-6,26-27H,7-8H2,1-4H3. The Balaban J connectivity index is 2.66. The number of ketones is 1. The van der Waals surface area contributed by atoms with Crippen LogP contribution >= 0.6 is 46.4 Å². The Kier molecular flexibility index (Phi) is 7.48. The van der Waals surface area contributed by atoms with Crippen molar-refractivity contribution in [3.63, 3.8) is 0 Å². The van der Waals surface area contributed by atoms with Crippen molar-refractivity contribution in [3.05, 3.63) is 54.5 Å². The number of halogens is 4. The van der Waals surface area contributed by atoms with Crippen LogP contribution in [-0.2, 0) is 13.1 Å². The lowest BCUT2D eigenvalue weighted by atomic mass is 9.98. The molecule has 5 nitrogen and oxygen atoms in total. The Morgan fingerprint density at radius 3 is 1.36 bits per heavy atom. The third-order valence-electron chi connectivity index (χ3n) is 3.98. The molecule has 0 aliphatic rings. The molecule has 0 aliphatic heterocycles. The summed E-state index contributed by atoms with van der Waals surface area (Å²) in [6.45, 7) is 0.692. The monoisotopic (exact) mass is 464 g/mol. The third-order valence-corrected chi connectivity index (χ3v) is 5.70. The molecule has 0 aromatic heterocycles. The lowest BCUT2D eigenvalue weighted by Gasteiger charge is -2.17. The lowest BCUT2D eigenvalue weighted by molar-refractivity contribution is 0.103. The molecule has 0 unspecified atom stereocenters. The molecule has 0 atom stereocenters. The molecular formula is C19H20Cl4N2O3. The SMILES string of the molecule is CN(C)Cc1cc(C(=O)c2cc(CN(C)C)c(O)c(Cl)c2Cl)c(Cl)c(Cl)c1O. The van der Waals surface area contributed by atoms with Gasteiger partial charge >= 0.3 is 0 Å². The van der Waals surface area contributed by atoms with Gasteiger partial charge in [0.2, 0.25) is 0 Å². The van der Waals surface area contributed by atoms with Crippen molar-refractivity contribution < 1.29 is 15.0 Å². The fraction of sp³-hybridized carbons (Fsp3) is 0.316. The molecule has 2 aromatic rings. The van der Waals surface area contributed by atoms with Gasteiger partial charge in [0.25, 0.3) is 0 Å². The minimum Gasteiger partial charge on any atom is -0.506 e. The number of hydrogen-bond donors (Lipinski definition) is 2. The highest BCUT2D eigenvalue weighted by Gasteiger charge is 2.25. The molecule has 0 aliphatic carbocycles. The Morgan fingerprint density at radius 2 is 1.07 bits per heavy atom. The smallest absolute Gasteiger partial charge is 0.196 e. The van der Waals surface area contributed by atoms with E-state index in [0.717, 1.165) is 0 Å². The normalized spacial score (nSPS) is 11.5. The molecule has 28 heavy (non-hydrogen) atoms. The molecule has 0 bridgehead atoms. The highest BCUT2D eigenvalue weighted by Crippen LogP contribution is 2.42. The summed E-state index contributed by atoms with van der Waals surface area (Å²) in [5, 5.41) is 20.1. The third kappa shape index (κ3) is 4.67. The molecule has 0 saturated carbocycles. The number of rotatable bonds is 6. The Labute approximate surface area is 184 Å². The molecule has 9 heteroatoms. The molecule has 0 heterocycles. The second kappa shape index (κ2) is 9.08. The molecule has 2 aromatic carbocycles. The maximum absolute atomic E-state index is 13.2. The number of carbonyl (C=O) groups excluding carboxylic acids is 1. The maximum atomic E-state index is 13.2. The fourth-order valence-electron chi connectivity index (χ4n) is 2.74. The van der Waals surface area contributed by atoms with Gasteiger partial charge in [-0.25, -0.2) is 0 Å². The van der Waals surface area contributed by atoms with E-state index in [2.05, 4.69) is 0 Å². The zero-order valence-corrected chi connectivity index (χ0v) is 18.8. The summed E-state index contributed by atoms with van der Waals surface area (Å²) in [6, 6.07) is 2.96. The zero-order chi connectivity index (χ0) is 21.3. The van der Waals surface area contributed by atoms with E-state index in [-0.39, 0.29) is 42.7 Å². The van der Waals surface area contributed by atoms with E-state index in [0.29, 0.717) is 24.2 Å². The van der Waals surface area contributed by atoms with Gasteiger partial charge < -0.3 is 20.0 Å². The van der Waals surface area contributed by atoms with Crippen molar-refractivity contribution in [2.45, 2.75) is 13.1 Å². The van der Waals surface area contributed by atoms with Crippen LogP contribution < -0.4 is 0 Å². The first kappa shape index (κ1) is 23.1. The van der Waals surface area contributed by atoms with Gasteiger partial charge in [0.1, 0.15) is 21.5 Å². The van der Waals surface area contributed by atoms with Crippen molar-refractivity contribution in [2.24, 2.45) is 0 Å². The summed E-state index contributed by atoms with van der Waals surface area (Å²) < 4.78 is 0. The molecule has 0 radical (unpaired) electrons. The van der Waals surface area contributed by atoms with Gasteiger partial charge in [0.15, 0.2) is 5.78 Å². The molecule has 0 saturated heterocycles. The second-order valence-electron chi connectivity index (χ2n) is 6.92. The molecule has 0 amide bonds. The van der Waals surface area contributed by atoms with Gasteiger partial charge in [-0.1, -0.05) is 46.4 Å². The second-order valence-corrected chi connectivity index (χ2v) is 8.44. The van der Waals surface area contributed by atoms with Gasteiger partial charge in [-0.05, 0) is 40.3 Å². The number of carbonyl (C=O) groups is 1. The lowest BCUT2D eigenvalue weighted by Crippen LogP contribution is -2.14. The minimum absolute atomic E-state index is 0.0823. The number of hydrogen-bond acceptors (Lipinski definition) is 5.